The van der Waals surface area contributed by atoms with Gasteiger partial charge < -0.3 is 26.0 Å². The van der Waals surface area contributed by atoms with Gasteiger partial charge in [-0.1, -0.05) is 18.2 Å². The van der Waals surface area contributed by atoms with Crippen molar-refractivity contribution in [3.05, 3.63) is 29.8 Å². The molecule has 0 aromatic heterocycles. The fraction of sp³-hybridized carbons (Fsp3) is 0.308. The predicted molar refractivity (Wildman–Crippen MR) is 72.3 cm³/mol. The molecule has 1 aromatic carbocycles. The lowest BCUT2D eigenvalue weighted by atomic mass is 9.70. The molecule has 0 fully saturated rings. The molecule has 8 heteroatoms. The molecule has 0 bridgehead atoms. The standard InChI is InChI=1S/C13H15N3O5/c14-12(15)16-9(10(17)18)13(11(19)20)5-6-21-8-4-2-1-3-7(8)13/h1-4,9H,5-6H2,(H,17,18)(H,19,20)(H4,14,15,16). The van der Waals surface area contributed by atoms with E-state index in [0.29, 0.717) is 5.75 Å². The van der Waals surface area contributed by atoms with Crippen molar-refractivity contribution in [2.24, 2.45) is 5.73 Å². The van der Waals surface area contributed by atoms with Crippen LogP contribution in [0.1, 0.15) is 12.0 Å². The van der Waals surface area contributed by atoms with Gasteiger partial charge in [-0.15, -0.1) is 0 Å². The van der Waals surface area contributed by atoms with E-state index < -0.39 is 29.4 Å². The van der Waals surface area contributed by atoms with Crippen molar-refractivity contribution in [2.45, 2.75) is 17.9 Å². The second kappa shape index (κ2) is 5.31. The molecule has 2 unspecified atom stereocenters. The van der Waals surface area contributed by atoms with E-state index in [0.717, 1.165) is 0 Å². The Bertz CT molecular complexity index is 603. The first-order valence-corrected chi connectivity index (χ1v) is 6.18. The number of hydrogen-bond donors (Lipinski definition) is 5. The van der Waals surface area contributed by atoms with Crippen LogP contribution >= 0.6 is 0 Å². The van der Waals surface area contributed by atoms with E-state index in [4.69, 9.17) is 15.9 Å². The highest BCUT2D eigenvalue weighted by Gasteiger charge is 2.54. The number of fused-ring (bicyclic) bond motifs is 1. The van der Waals surface area contributed by atoms with Crippen LogP contribution in [-0.2, 0) is 15.0 Å². The zero-order chi connectivity index (χ0) is 15.6. The molecule has 1 heterocycles. The van der Waals surface area contributed by atoms with E-state index in [2.05, 4.69) is 5.32 Å². The van der Waals surface area contributed by atoms with E-state index in [-0.39, 0.29) is 18.6 Å². The largest absolute Gasteiger partial charge is 0.493 e. The highest BCUT2D eigenvalue weighted by Crippen LogP contribution is 2.41. The van der Waals surface area contributed by atoms with E-state index in [9.17, 15) is 19.8 Å². The molecule has 112 valence electrons. The molecule has 6 N–H and O–H groups in total. The second-order valence-corrected chi connectivity index (χ2v) is 4.70. The summed E-state index contributed by atoms with van der Waals surface area (Å²) in [7, 11) is 0. The first kappa shape index (κ1) is 14.6. The number of aliphatic carboxylic acids is 2. The Balaban J connectivity index is 2.64. The van der Waals surface area contributed by atoms with Crippen LogP contribution in [0.5, 0.6) is 5.75 Å². The molecule has 0 radical (unpaired) electrons. The maximum atomic E-state index is 11.9. The Morgan fingerprint density at radius 1 is 1.38 bits per heavy atom. The van der Waals surface area contributed by atoms with Gasteiger partial charge in [0.15, 0.2) is 5.96 Å². The van der Waals surface area contributed by atoms with Gasteiger partial charge in [-0.3, -0.25) is 10.2 Å². The van der Waals surface area contributed by atoms with Gasteiger partial charge in [0.1, 0.15) is 17.2 Å². The summed E-state index contributed by atoms with van der Waals surface area (Å²) in [5.74, 6) is -2.99. The summed E-state index contributed by atoms with van der Waals surface area (Å²) in [4.78, 5) is 23.4. The van der Waals surface area contributed by atoms with Crippen molar-refractivity contribution in [1.82, 2.24) is 5.32 Å². The summed E-state index contributed by atoms with van der Waals surface area (Å²) in [6, 6.07) is 4.81. The summed E-state index contributed by atoms with van der Waals surface area (Å²) in [5, 5.41) is 28.6. The maximum Gasteiger partial charge on any atom is 0.327 e. The van der Waals surface area contributed by atoms with E-state index in [1.807, 2.05) is 0 Å². The third-order valence-electron chi connectivity index (χ3n) is 3.54. The highest BCUT2D eigenvalue weighted by molar-refractivity contribution is 5.94. The molecule has 2 rings (SSSR count). The zero-order valence-corrected chi connectivity index (χ0v) is 11.0. The van der Waals surface area contributed by atoms with Crippen LogP contribution in [0.15, 0.2) is 24.3 Å². The Hall–Kier alpha value is -2.77. The van der Waals surface area contributed by atoms with Crippen LogP contribution < -0.4 is 15.8 Å². The van der Waals surface area contributed by atoms with E-state index in [1.165, 1.54) is 6.07 Å². The van der Waals surface area contributed by atoms with Crippen LogP contribution in [0, 0.1) is 5.41 Å². The average Bonchev–Trinajstić information content (AvgIpc) is 2.43. The van der Waals surface area contributed by atoms with Gasteiger partial charge in [0.2, 0.25) is 0 Å². The molecule has 2 atom stereocenters. The first-order chi connectivity index (χ1) is 9.89. The molecule has 8 nitrogen and oxygen atoms in total. The Morgan fingerprint density at radius 3 is 2.62 bits per heavy atom. The quantitative estimate of drug-likeness (QED) is 0.379. The summed E-state index contributed by atoms with van der Waals surface area (Å²) in [6.07, 6.45) is -0.0450. The van der Waals surface area contributed by atoms with Gasteiger partial charge in [0.05, 0.1) is 6.61 Å². The van der Waals surface area contributed by atoms with Gasteiger partial charge in [-0.25, -0.2) is 4.79 Å². The number of carbonyl (C=O) groups is 2. The van der Waals surface area contributed by atoms with Crippen LogP contribution in [0.25, 0.3) is 0 Å². The van der Waals surface area contributed by atoms with Crippen LogP contribution in [0.3, 0.4) is 0 Å². The Kier molecular flexibility index (Phi) is 3.70. The smallest absolute Gasteiger partial charge is 0.327 e. The van der Waals surface area contributed by atoms with Gasteiger partial charge >= 0.3 is 11.9 Å². The Labute approximate surface area is 120 Å². The minimum absolute atomic E-state index is 0.0450. The van der Waals surface area contributed by atoms with Crippen LogP contribution in [-0.4, -0.2) is 40.8 Å². The molecule has 0 amide bonds. The number of nitrogens with two attached hydrogens (primary N) is 1. The average molecular weight is 293 g/mol. The number of guanidine groups is 1. The molecule has 0 aliphatic carbocycles. The topological polar surface area (TPSA) is 146 Å². The lowest BCUT2D eigenvalue weighted by molar-refractivity contribution is -0.154. The van der Waals surface area contributed by atoms with Gasteiger partial charge in [0, 0.05) is 12.0 Å². The fourth-order valence-corrected chi connectivity index (χ4v) is 2.61. The van der Waals surface area contributed by atoms with Crippen molar-refractivity contribution in [2.75, 3.05) is 6.61 Å². The number of hydrogen-bond acceptors (Lipinski definition) is 4. The molecule has 1 aliphatic heterocycles. The molecule has 1 aliphatic rings. The number of rotatable bonds is 4. The molecule has 21 heavy (non-hydrogen) atoms. The van der Waals surface area contributed by atoms with Crippen molar-refractivity contribution >= 4 is 17.9 Å². The molecular weight excluding hydrogens is 278 g/mol. The number of carboxylic acids is 2. The monoisotopic (exact) mass is 293 g/mol. The summed E-state index contributed by atoms with van der Waals surface area (Å²) >= 11 is 0. The summed E-state index contributed by atoms with van der Waals surface area (Å²) < 4.78 is 5.39. The predicted octanol–water partition coefficient (Wildman–Crippen LogP) is -0.272. The molecule has 0 saturated heterocycles. The van der Waals surface area contributed by atoms with Crippen molar-refractivity contribution in [1.29, 1.82) is 5.41 Å². The third kappa shape index (κ3) is 2.35. The minimum atomic E-state index is -1.76. The minimum Gasteiger partial charge on any atom is -0.493 e. The van der Waals surface area contributed by atoms with Crippen molar-refractivity contribution in [3.8, 4) is 5.75 Å². The molecule has 0 saturated carbocycles. The lowest BCUT2D eigenvalue weighted by Crippen LogP contribution is -2.61. The van der Waals surface area contributed by atoms with Gasteiger partial charge in [-0.2, -0.15) is 0 Å². The fourth-order valence-electron chi connectivity index (χ4n) is 2.61. The third-order valence-corrected chi connectivity index (χ3v) is 3.54. The zero-order valence-electron chi connectivity index (χ0n) is 11.0. The molecule has 1 aromatic rings. The van der Waals surface area contributed by atoms with Crippen molar-refractivity contribution < 1.29 is 24.5 Å². The molecule has 0 spiro atoms. The number of carboxylic acid groups (broad SMARTS) is 2. The normalized spacial score (nSPS) is 21.5. The highest BCUT2D eigenvalue weighted by atomic mass is 16.5. The Morgan fingerprint density at radius 2 is 2.05 bits per heavy atom. The van der Waals surface area contributed by atoms with E-state index in [1.54, 1.807) is 18.2 Å². The van der Waals surface area contributed by atoms with Crippen LogP contribution in [0.4, 0.5) is 0 Å². The van der Waals surface area contributed by atoms with E-state index >= 15 is 0 Å². The van der Waals surface area contributed by atoms with Crippen LogP contribution in [0.2, 0.25) is 0 Å². The second-order valence-electron chi connectivity index (χ2n) is 4.70. The number of nitrogens with one attached hydrogen (secondary N) is 2. The van der Waals surface area contributed by atoms with Gasteiger partial charge in [0.25, 0.3) is 0 Å². The SMILES string of the molecule is N=C(N)NC(C(=O)O)C1(C(=O)O)CCOc2ccccc21. The lowest BCUT2D eigenvalue weighted by Gasteiger charge is -2.39. The summed E-state index contributed by atoms with van der Waals surface area (Å²) in [5.41, 5.74) is 3.70. The first-order valence-electron chi connectivity index (χ1n) is 6.18. The molecular formula is C13H15N3O5. The summed E-state index contributed by atoms with van der Waals surface area (Å²) in [6.45, 7) is 0.0622. The number of ether oxygens (including phenoxy) is 1. The number of para-hydroxylation sites is 1. The van der Waals surface area contributed by atoms with Gasteiger partial charge in [-0.05, 0) is 6.07 Å². The van der Waals surface area contributed by atoms with Crippen molar-refractivity contribution in [3.63, 3.8) is 0 Å². The maximum absolute atomic E-state index is 11.9. The number of benzene rings is 1.